The Morgan fingerprint density at radius 3 is 2.63 bits per heavy atom. The summed E-state index contributed by atoms with van der Waals surface area (Å²) in [5.74, 6) is 0.451. The summed E-state index contributed by atoms with van der Waals surface area (Å²) < 4.78 is 17.0. The number of carbonyl (C=O) groups excluding carboxylic acids is 2. The van der Waals surface area contributed by atoms with Crippen LogP contribution < -0.4 is 19.6 Å². The van der Waals surface area contributed by atoms with Crippen LogP contribution in [-0.2, 0) is 10.2 Å². The Labute approximate surface area is 208 Å². The molecule has 0 saturated carbocycles. The van der Waals surface area contributed by atoms with Gasteiger partial charge in [0.15, 0.2) is 11.5 Å². The number of ether oxygens (including phenoxy) is 3. The van der Waals surface area contributed by atoms with E-state index in [-0.39, 0.29) is 17.6 Å². The van der Waals surface area contributed by atoms with Crippen molar-refractivity contribution in [1.29, 1.82) is 0 Å². The maximum absolute atomic E-state index is 12.6. The molecular weight excluding hydrogens is 468 g/mol. The first-order chi connectivity index (χ1) is 16.7. The third kappa shape index (κ3) is 6.00. The van der Waals surface area contributed by atoms with Crippen LogP contribution in [0.4, 0.5) is 0 Å². The minimum absolute atomic E-state index is 0.0614. The fourth-order valence-corrected chi connectivity index (χ4v) is 3.57. The van der Waals surface area contributed by atoms with Crippen molar-refractivity contribution in [3.05, 3.63) is 88.4 Å². The number of amides is 1. The van der Waals surface area contributed by atoms with Crippen LogP contribution in [0.25, 0.3) is 0 Å². The standard InChI is InChI=1S/C27H25ClN2O5/c1-27(2,3)18-11-12-22-23(14-18)35-24(16-33-22)25(31)30-29-15-17-7-6-8-19(13-17)34-26(32)20-9-4-5-10-21(20)28/h4-15,24H,16H2,1-3H3,(H,30,31)/b29-15-. The van der Waals surface area contributed by atoms with E-state index >= 15 is 0 Å². The largest absolute Gasteiger partial charge is 0.485 e. The number of nitrogens with one attached hydrogen (secondary N) is 1. The topological polar surface area (TPSA) is 86.2 Å². The highest BCUT2D eigenvalue weighted by Gasteiger charge is 2.28. The van der Waals surface area contributed by atoms with E-state index in [1.165, 1.54) is 6.21 Å². The summed E-state index contributed by atoms with van der Waals surface area (Å²) in [6.07, 6.45) is 0.609. The van der Waals surface area contributed by atoms with Gasteiger partial charge < -0.3 is 14.2 Å². The third-order valence-corrected chi connectivity index (χ3v) is 5.64. The van der Waals surface area contributed by atoms with Gasteiger partial charge in [0.05, 0.1) is 16.8 Å². The molecule has 1 unspecified atom stereocenters. The second kappa shape index (κ2) is 10.2. The van der Waals surface area contributed by atoms with Crippen molar-refractivity contribution < 1.29 is 23.8 Å². The van der Waals surface area contributed by atoms with E-state index in [2.05, 4.69) is 31.3 Å². The highest BCUT2D eigenvalue weighted by atomic mass is 35.5. The molecule has 1 heterocycles. The summed E-state index contributed by atoms with van der Waals surface area (Å²) >= 11 is 6.05. The number of halogens is 1. The lowest BCUT2D eigenvalue weighted by Crippen LogP contribution is -2.42. The van der Waals surface area contributed by atoms with Gasteiger partial charge >= 0.3 is 5.97 Å². The predicted octanol–water partition coefficient (Wildman–Crippen LogP) is 5.15. The Kier molecular flexibility index (Phi) is 7.07. The van der Waals surface area contributed by atoms with E-state index in [0.29, 0.717) is 27.8 Å². The molecule has 0 aromatic heterocycles. The first-order valence-electron chi connectivity index (χ1n) is 11.0. The Morgan fingerprint density at radius 1 is 1.06 bits per heavy atom. The number of benzene rings is 3. The third-order valence-electron chi connectivity index (χ3n) is 5.31. The Hall–Kier alpha value is -3.84. The number of fused-ring (bicyclic) bond motifs is 1. The molecule has 3 aromatic rings. The van der Waals surface area contributed by atoms with Gasteiger partial charge in [0, 0.05) is 0 Å². The van der Waals surface area contributed by atoms with Gasteiger partial charge in [-0.25, -0.2) is 10.2 Å². The van der Waals surface area contributed by atoms with Crippen LogP contribution in [0.5, 0.6) is 17.2 Å². The van der Waals surface area contributed by atoms with E-state index in [9.17, 15) is 9.59 Å². The van der Waals surface area contributed by atoms with Crippen LogP contribution in [0.1, 0.15) is 42.3 Å². The molecule has 1 aliphatic rings. The molecule has 8 heteroatoms. The SMILES string of the molecule is CC(C)(C)c1ccc2c(c1)OC(C(=O)N/N=C\c1cccc(OC(=O)c3ccccc3Cl)c1)CO2. The quantitative estimate of drug-likeness (QED) is 0.230. The number of esters is 1. The molecule has 0 spiro atoms. The lowest BCUT2D eigenvalue weighted by Gasteiger charge is -2.27. The number of carbonyl (C=O) groups is 2. The average Bonchev–Trinajstić information content (AvgIpc) is 2.83. The van der Waals surface area contributed by atoms with E-state index < -0.39 is 18.0 Å². The van der Waals surface area contributed by atoms with Crippen LogP contribution in [-0.4, -0.2) is 30.8 Å². The molecule has 0 aliphatic carbocycles. The maximum Gasteiger partial charge on any atom is 0.345 e. The smallest absolute Gasteiger partial charge is 0.345 e. The van der Waals surface area contributed by atoms with E-state index in [4.69, 9.17) is 25.8 Å². The molecule has 1 amide bonds. The molecule has 4 rings (SSSR count). The lowest BCUT2D eigenvalue weighted by molar-refractivity contribution is -0.130. The lowest BCUT2D eigenvalue weighted by atomic mass is 9.87. The summed E-state index contributed by atoms with van der Waals surface area (Å²) in [6.45, 7) is 6.38. The molecule has 0 bridgehead atoms. The van der Waals surface area contributed by atoms with Crippen molar-refractivity contribution in [2.45, 2.75) is 32.3 Å². The van der Waals surface area contributed by atoms with Gasteiger partial charge in [-0.3, -0.25) is 4.79 Å². The molecule has 1 atom stereocenters. The molecule has 0 saturated heterocycles. The van der Waals surface area contributed by atoms with Crippen molar-refractivity contribution >= 4 is 29.7 Å². The monoisotopic (exact) mass is 492 g/mol. The van der Waals surface area contributed by atoms with Crippen molar-refractivity contribution in [1.82, 2.24) is 5.43 Å². The average molecular weight is 493 g/mol. The van der Waals surface area contributed by atoms with Crippen LogP contribution >= 0.6 is 11.6 Å². The number of nitrogens with zero attached hydrogens (tertiary/aromatic N) is 1. The summed E-state index contributed by atoms with van der Waals surface area (Å²) in [6, 6.07) is 19.1. The van der Waals surface area contributed by atoms with Gasteiger partial charge in [0.25, 0.3) is 5.91 Å². The first-order valence-corrected chi connectivity index (χ1v) is 11.4. The second-order valence-corrected chi connectivity index (χ2v) is 9.41. The highest BCUT2D eigenvalue weighted by Crippen LogP contribution is 2.36. The summed E-state index contributed by atoms with van der Waals surface area (Å²) in [5, 5.41) is 4.31. The Balaban J connectivity index is 1.36. The zero-order chi connectivity index (χ0) is 25.0. The zero-order valence-corrected chi connectivity index (χ0v) is 20.3. The number of rotatable bonds is 5. The van der Waals surface area contributed by atoms with Crippen LogP contribution in [0.2, 0.25) is 5.02 Å². The summed E-state index contributed by atoms with van der Waals surface area (Å²) in [4.78, 5) is 24.9. The van der Waals surface area contributed by atoms with Gasteiger partial charge in [-0.2, -0.15) is 5.10 Å². The van der Waals surface area contributed by atoms with Crippen LogP contribution in [0, 0.1) is 0 Å². The molecule has 7 nitrogen and oxygen atoms in total. The molecule has 3 aromatic carbocycles. The number of hydrogen-bond acceptors (Lipinski definition) is 6. The van der Waals surface area contributed by atoms with Gasteiger partial charge in [-0.05, 0) is 52.9 Å². The molecular formula is C27H25ClN2O5. The fraction of sp³-hybridized carbons (Fsp3) is 0.222. The maximum atomic E-state index is 12.6. The van der Waals surface area contributed by atoms with E-state index in [1.807, 2.05) is 18.2 Å². The summed E-state index contributed by atoms with van der Waals surface area (Å²) in [5.41, 5.74) is 4.38. The molecule has 1 aliphatic heterocycles. The van der Waals surface area contributed by atoms with Gasteiger partial charge in [0.1, 0.15) is 12.4 Å². The highest BCUT2D eigenvalue weighted by molar-refractivity contribution is 6.33. The molecule has 180 valence electrons. The molecule has 1 N–H and O–H groups in total. The Morgan fingerprint density at radius 2 is 1.86 bits per heavy atom. The molecule has 35 heavy (non-hydrogen) atoms. The molecule has 0 fully saturated rings. The first kappa shape index (κ1) is 24.3. The van der Waals surface area contributed by atoms with Crippen molar-refractivity contribution in [2.75, 3.05) is 6.61 Å². The van der Waals surface area contributed by atoms with Gasteiger partial charge in [0.2, 0.25) is 6.10 Å². The van der Waals surface area contributed by atoms with E-state index in [0.717, 1.165) is 5.56 Å². The van der Waals surface area contributed by atoms with Crippen molar-refractivity contribution in [2.24, 2.45) is 5.10 Å². The van der Waals surface area contributed by atoms with Gasteiger partial charge in [-0.15, -0.1) is 0 Å². The fourth-order valence-electron chi connectivity index (χ4n) is 3.36. The zero-order valence-electron chi connectivity index (χ0n) is 19.6. The minimum atomic E-state index is -0.835. The normalized spacial score (nSPS) is 15.0. The Bertz CT molecular complexity index is 1280. The van der Waals surface area contributed by atoms with Crippen LogP contribution in [0.3, 0.4) is 0 Å². The van der Waals surface area contributed by atoms with Gasteiger partial charge in [-0.1, -0.05) is 62.7 Å². The van der Waals surface area contributed by atoms with Crippen molar-refractivity contribution in [3.63, 3.8) is 0 Å². The minimum Gasteiger partial charge on any atom is -0.485 e. The van der Waals surface area contributed by atoms with E-state index in [1.54, 1.807) is 48.5 Å². The number of hydrazone groups is 1. The van der Waals surface area contributed by atoms with Crippen LogP contribution in [0.15, 0.2) is 71.8 Å². The molecule has 0 radical (unpaired) electrons. The number of hydrogen-bond donors (Lipinski definition) is 1. The summed E-state index contributed by atoms with van der Waals surface area (Å²) in [7, 11) is 0. The van der Waals surface area contributed by atoms with Crippen molar-refractivity contribution in [3.8, 4) is 17.2 Å². The predicted molar refractivity (Wildman–Crippen MR) is 134 cm³/mol. The second-order valence-electron chi connectivity index (χ2n) is 9.01.